The number of hydrogen-bond donors (Lipinski definition) is 2. The SMILES string of the molecule is Cc1cccc(NCc2n[nH]nc2-c2ccccc2)c1Br. The molecule has 0 unspecified atom stereocenters. The van der Waals surface area contributed by atoms with Gasteiger partial charge in [0.05, 0.1) is 6.54 Å². The Balaban J connectivity index is 1.81. The molecule has 0 amide bonds. The molecule has 106 valence electrons. The van der Waals surface area contributed by atoms with Crippen molar-refractivity contribution in [3.05, 3.63) is 64.3 Å². The van der Waals surface area contributed by atoms with Gasteiger partial charge in [-0.15, -0.1) is 0 Å². The Kier molecular flexibility index (Phi) is 4.01. The Labute approximate surface area is 131 Å². The number of anilines is 1. The number of nitrogens with zero attached hydrogens (tertiary/aromatic N) is 2. The molecule has 3 rings (SSSR count). The van der Waals surface area contributed by atoms with E-state index in [2.05, 4.69) is 49.6 Å². The van der Waals surface area contributed by atoms with Crippen molar-refractivity contribution >= 4 is 21.6 Å². The lowest BCUT2D eigenvalue weighted by Crippen LogP contribution is -2.02. The maximum atomic E-state index is 4.25. The molecule has 0 spiro atoms. The van der Waals surface area contributed by atoms with E-state index in [0.717, 1.165) is 27.1 Å². The van der Waals surface area contributed by atoms with Crippen LogP contribution in [0.5, 0.6) is 0 Å². The van der Waals surface area contributed by atoms with Crippen molar-refractivity contribution in [2.24, 2.45) is 0 Å². The molecule has 0 aliphatic heterocycles. The van der Waals surface area contributed by atoms with E-state index in [1.165, 1.54) is 5.56 Å². The van der Waals surface area contributed by atoms with E-state index in [1.807, 2.05) is 42.5 Å². The summed E-state index contributed by atoms with van der Waals surface area (Å²) in [5, 5.41) is 14.6. The van der Waals surface area contributed by atoms with Crippen LogP contribution in [0.15, 0.2) is 53.0 Å². The normalized spacial score (nSPS) is 10.6. The van der Waals surface area contributed by atoms with Crippen molar-refractivity contribution in [3.63, 3.8) is 0 Å². The standard InChI is InChI=1S/C16H15BrN4/c1-11-6-5-9-13(15(11)17)18-10-14-16(20-21-19-14)12-7-3-2-4-8-12/h2-9,18H,10H2,1H3,(H,19,20,21). The van der Waals surface area contributed by atoms with Gasteiger partial charge in [-0.2, -0.15) is 15.4 Å². The summed E-state index contributed by atoms with van der Waals surface area (Å²) in [6.45, 7) is 2.68. The molecule has 4 nitrogen and oxygen atoms in total. The molecule has 21 heavy (non-hydrogen) atoms. The Morgan fingerprint density at radius 2 is 1.86 bits per heavy atom. The molecule has 3 aromatic rings. The minimum atomic E-state index is 0.614. The van der Waals surface area contributed by atoms with Gasteiger partial charge < -0.3 is 5.32 Å². The van der Waals surface area contributed by atoms with Gasteiger partial charge in [0, 0.05) is 15.7 Å². The van der Waals surface area contributed by atoms with Crippen molar-refractivity contribution < 1.29 is 0 Å². The predicted octanol–water partition coefficient (Wildman–Crippen LogP) is 4.15. The number of benzene rings is 2. The number of hydrogen-bond acceptors (Lipinski definition) is 3. The van der Waals surface area contributed by atoms with Gasteiger partial charge in [0.2, 0.25) is 0 Å². The summed E-state index contributed by atoms with van der Waals surface area (Å²) in [5.41, 5.74) is 5.09. The fraction of sp³-hybridized carbons (Fsp3) is 0.125. The number of rotatable bonds is 4. The van der Waals surface area contributed by atoms with Crippen LogP contribution >= 0.6 is 15.9 Å². The smallest absolute Gasteiger partial charge is 0.117 e. The van der Waals surface area contributed by atoms with E-state index >= 15 is 0 Å². The van der Waals surface area contributed by atoms with E-state index in [4.69, 9.17) is 0 Å². The van der Waals surface area contributed by atoms with Gasteiger partial charge in [-0.05, 0) is 34.5 Å². The minimum Gasteiger partial charge on any atom is -0.378 e. The molecule has 5 heteroatoms. The van der Waals surface area contributed by atoms with E-state index in [-0.39, 0.29) is 0 Å². The summed E-state index contributed by atoms with van der Waals surface area (Å²) in [6, 6.07) is 16.2. The van der Waals surface area contributed by atoms with Crippen LogP contribution in [0.25, 0.3) is 11.3 Å². The third-order valence-corrected chi connectivity index (χ3v) is 4.36. The highest BCUT2D eigenvalue weighted by Crippen LogP contribution is 2.27. The molecule has 0 bridgehead atoms. The zero-order chi connectivity index (χ0) is 14.7. The predicted molar refractivity (Wildman–Crippen MR) is 88.0 cm³/mol. The van der Waals surface area contributed by atoms with E-state index in [9.17, 15) is 0 Å². The largest absolute Gasteiger partial charge is 0.378 e. The van der Waals surface area contributed by atoms with Gasteiger partial charge in [0.1, 0.15) is 11.4 Å². The highest BCUT2D eigenvalue weighted by atomic mass is 79.9. The lowest BCUT2D eigenvalue weighted by Gasteiger charge is -2.09. The summed E-state index contributed by atoms with van der Waals surface area (Å²) in [4.78, 5) is 0. The maximum Gasteiger partial charge on any atom is 0.117 e. The molecule has 2 aromatic carbocycles. The van der Waals surface area contributed by atoms with Crippen LogP contribution in [0.1, 0.15) is 11.3 Å². The monoisotopic (exact) mass is 342 g/mol. The summed E-state index contributed by atoms with van der Waals surface area (Å²) < 4.78 is 1.08. The Morgan fingerprint density at radius 1 is 1.05 bits per heavy atom. The van der Waals surface area contributed by atoms with Gasteiger partial charge in [-0.1, -0.05) is 42.5 Å². The third-order valence-electron chi connectivity index (χ3n) is 3.31. The first kappa shape index (κ1) is 13.8. The summed E-state index contributed by atoms with van der Waals surface area (Å²) >= 11 is 3.60. The second kappa shape index (κ2) is 6.10. The molecule has 0 radical (unpaired) electrons. The van der Waals surface area contributed by atoms with Crippen LogP contribution in [0.2, 0.25) is 0 Å². The molecule has 1 aromatic heterocycles. The molecule has 0 saturated carbocycles. The second-order valence-electron chi connectivity index (χ2n) is 4.77. The van der Waals surface area contributed by atoms with Crippen molar-refractivity contribution in [2.75, 3.05) is 5.32 Å². The Morgan fingerprint density at radius 3 is 2.67 bits per heavy atom. The van der Waals surface area contributed by atoms with Crippen molar-refractivity contribution in [2.45, 2.75) is 13.5 Å². The van der Waals surface area contributed by atoms with Crippen molar-refractivity contribution in [3.8, 4) is 11.3 Å². The number of H-pyrrole nitrogens is 1. The molecule has 2 N–H and O–H groups in total. The lowest BCUT2D eigenvalue weighted by atomic mass is 10.1. The first-order valence-corrected chi connectivity index (χ1v) is 7.49. The average Bonchev–Trinajstić information content (AvgIpc) is 2.98. The van der Waals surface area contributed by atoms with Crippen molar-refractivity contribution in [1.82, 2.24) is 15.4 Å². The molecule has 0 aliphatic rings. The molecule has 1 heterocycles. The Hall–Kier alpha value is -2.14. The van der Waals surface area contributed by atoms with E-state index in [0.29, 0.717) is 6.54 Å². The quantitative estimate of drug-likeness (QED) is 0.748. The first-order chi connectivity index (χ1) is 10.3. The number of aryl methyl sites for hydroxylation is 1. The van der Waals surface area contributed by atoms with Gasteiger partial charge in [0.25, 0.3) is 0 Å². The van der Waals surface area contributed by atoms with Gasteiger partial charge in [0.15, 0.2) is 0 Å². The van der Waals surface area contributed by atoms with Gasteiger partial charge in [-0.3, -0.25) is 0 Å². The number of nitrogens with one attached hydrogen (secondary N) is 2. The molecule has 0 aliphatic carbocycles. The molecule has 0 atom stereocenters. The highest BCUT2D eigenvalue weighted by Gasteiger charge is 2.10. The van der Waals surface area contributed by atoms with Crippen LogP contribution in [-0.2, 0) is 6.54 Å². The maximum absolute atomic E-state index is 4.25. The topological polar surface area (TPSA) is 53.6 Å². The zero-order valence-electron chi connectivity index (χ0n) is 11.6. The van der Waals surface area contributed by atoms with E-state index < -0.39 is 0 Å². The molecule has 0 fully saturated rings. The van der Waals surface area contributed by atoms with Crippen LogP contribution in [0.4, 0.5) is 5.69 Å². The number of halogens is 1. The fourth-order valence-corrected chi connectivity index (χ4v) is 2.57. The van der Waals surface area contributed by atoms with Gasteiger partial charge in [-0.25, -0.2) is 0 Å². The molecule has 0 saturated heterocycles. The highest BCUT2D eigenvalue weighted by molar-refractivity contribution is 9.10. The summed E-state index contributed by atoms with van der Waals surface area (Å²) in [5.74, 6) is 0. The summed E-state index contributed by atoms with van der Waals surface area (Å²) in [6.07, 6.45) is 0. The number of aromatic amines is 1. The van der Waals surface area contributed by atoms with Crippen LogP contribution in [-0.4, -0.2) is 15.4 Å². The van der Waals surface area contributed by atoms with E-state index in [1.54, 1.807) is 0 Å². The summed E-state index contributed by atoms with van der Waals surface area (Å²) in [7, 11) is 0. The van der Waals surface area contributed by atoms with Crippen LogP contribution in [0, 0.1) is 6.92 Å². The lowest BCUT2D eigenvalue weighted by molar-refractivity contribution is 0.911. The Bertz CT molecular complexity index is 737. The van der Waals surface area contributed by atoms with Gasteiger partial charge >= 0.3 is 0 Å². The minimum absolute atomic E-state index is 0.614. The van der Waals surface area contributed by atoms with Crippen molar-refractivity contribution in [1.29, 1.82) is 0 Å². The van der Waals surface area contributed by atoms with Crippen LogP contribution < -0.4 is 5.32 Å². The third kappa shape index (κ3) is 2.97. The molecular weight excluding hydrogens is 328 g/mol. The van der Waals surface area contributed by atoms with Crippen LogP contribution in [0.3, 0.4) is 0 Å². The zero-order valence-corrected chi connectivity index (χ0v) is 13.2. The first-order valence-electron chi connectivity index (χ1n) is 6.70. The number of aromatic nitrogens is 3. The molecular formula is C16H15BrN4. The second-order valence-corrected chi connectivity index (χ2v) is 5.57. The fourth-order valence-electron chi connectivity index (χ4n) is 2.17. The average molecular weight is 343 g/mol.